The van der Waals surface area contributed by atoms with E-state index in [0.717, 1.165) is 11.5 Å². The van der Waals surface area contributed by atoms with E-state index >= 15 is 0 Å². The molecule has 0 radical (unpaired) electrons. The summed E-state index contributed by atoms with van der Waals surface area (Å²) in [5.41, 5.74) is 0.660. The Hall–Kier alpha value is -2.35. The molecule has 0 aliphatic carbocycles. The summed E-state index contributed by atoms with van der Waals surface area (Å²) in [5, 5.41) is 3.68. The van der Waals surface area contributed by atoms with Crippen LogP contribution >= 0.6 is 11.5 Å². The molecule has 1 aliphatic heterocycles. The summed E-state index contributed by atoms with van der Waals surface area (Å²) < 4.78 is 16.9. The molecule has 1 fully saturated rings. The van der Waals surface area contributed by atoms with Crippen molar-refractivity contribution in [3.63, 3.8) is 0 Å². The Morgan fingerprint density at radius 2 is 1.96 bits per heavy atom. The predicted octanol–water partition coefficient (Wildman–Crippen LogP) is 1.59. The van der Waals surface area contributed by atoms with Crippen molar-refractivity contribution in [1.82, 2.24) is 19.4 Å². The van der Waals surface area contributed by atoms with Crippen molar-refractivity contribution >= 4 is 23.3 Å². The lowest BCUT2D eigenvalue weighted by Gasteiger charge is -2.21. The lowest BCUT2D eigenvalue weighted by molar-refractivity contribution is -0.130. The Bertz CT molecular complexity index is 723. The summed E-state index contributed by atoms with van der Waals surface area (Å²) in [5.74, 6) is -0.482. The molecule has 6 nitrogen and oxygen atoms in total. The van der Waals surface area contributed by atoms with Gasteiger partial charge in [-0.25, -0.2) is 4.39 Å². The van der Waals surface area contributed by atoms with Gasteiger partial charge in [0, 0.05) is 26.2 Å². The van der Waals surface area contributed by atoms with Gasteiger partial charge in [0.15, 0.2) is 0 Å². The maximum absolute atomic E-state index is 13.2. The zero-order chi connectivity index (χ0) is 16.9. The summed E-state index contributed by atoms with van der Waals surface area (Å²) >= 11 is 1.07. The lowest BCUT2D eigenvalue weighted by atomic mass is 10.1. The molecule has 0 N–H and O–H groups in total. The van der Waals surface area contributed by atoms with E-state index in [1.807, 2.05) is 0 Å². The second-order valence-corrected chi connectivity index (χ2v) is 6.40. The van der Waals surface area contributed by atoms with E-state index in [1.54, 1.807) is 21.9 Å². The van der Waals surface area contributed by atoms with E-state index in [-0.39, 0.29) is 24.1 Å². The number of carbonyl (C=O) groups excluding carboxylic acids is 2. The van der Waals surface area contributed by atoms with Crippen LogP contribution in [0.2, 0.25) is 0 Å². The van der Waals surface area contributed by atoms with Crippen LogP contribution in [0.5, 0.6) is 0 Å². The van der Waals surface area contributed by atoms with Gasteiger partial charge in [-0.05, 0) is 35.6 Å². The standard InChI is InChI=1S/C16H17FN4O2S/c17-13-4-1-3-12(9-13)10-15(22)20-5-2-6-21(8-7-20)16(23)14-11-18-19-24-14/h1,3-4,9,11H,2,5-8,10H2. The van der Waals surface area contributed by atoms with E-state index < -0.39 is 0 Å². The summed E-state index contributed by atoms with van der Waals surface area (Å²) in [6.45, 7) is 2.15. The second kappa shape index (κ2) is 7.48. The van der Waals surface area contributed by atoms with E-state index in [1.165, 1.54) is 18.3 Å². The average molecular weight is 348 g/mol. The number of hydrogen-bond donors (Lipinski definition) is 0. The van der Waals surface area contributed by atoms with Crippen LogP contribution in [0, 0.1) is 5.82 Å². The van der Waals surface area contributed by atoms with Gasteiger partial charge >= 0.3 is 0 Å². The van der Waals surface area contributed by atoms with Crippen LogP contribution in [0.1, 0.15) is 21.7 Å². The minimum atomic E-state index is -0.342. The third kappa shape index (κ3) is 3.94. The summed E-state index contributed by atoms with van der Waals surface area (Å²) in [6, 6.07) is 6.08. The van der Waals surface area contributed by atoms with Crippen LogP contribution in [0.4, 0.5) is 4.39 Å². The average Bonchev–Trinajstić information content (AvgIpc) is 2.98. The molecule has 24 heavy (non-hydrogen) atoms. The molecule has 0 saturated carbocycles. The highest BCUT2D eigenvalue weighted by Gasteiger charge is 2.23. The first-order valence-corrected chi connectivity index (χ1v) is 8.49. The molecule has 2 heterocycles. The van der Waals surface area contributed by atoms with Gasteiger partial charge in [0.1, 0.15) is 10.7 Å². The number of halogens is 1. The van der Waals surface area contributed by atoms with Crippen LogP contribution in [0.15, 0.2) is 30.5 Å². The van der Waals surface area contributed by atoms with Crippen LogP contribution in [-0.4, -0.2) is 57.4 Å². The van der Waals surface area contributed by atoms with Gasteiger partial charge in [-0.3, -0.25) is 9.59 Å². The molecule has 1 aromatic carbocycles. The van der Waals surface area contributed by atoms with Crippen molar-refractivity contribution < 1.29 is 14.0 Å². The van der Waals surface area contributed by atoms with Gasteiger partial charge in [-0.2, -0.15) is 0 Å². The number of benzene rings is 1. The SMILES string of the molecule is O=C(Cc1cccc(F)c1)N1CCCN(C(=O)c2cnns2)CC1. The maximum Gasteiger partial charge on any atom is 0.267 e. The first kappa shape index (κ1) is 16.5. The molecule has 3 rings (SSSR count). The van der Waals surface area contributed by atoms with Gasteiger partial charge < -0.3 is 9.80 Å². The van der Waals surface area contributed by atoms with Crippen LogP contribution in [0.25, 0.3) is 0 Å². The highest BCUT2D eigenvalue weighted by atomic mass is 32.1. The van der Waals surface area contributed by atoms with Crippen molar-refractivity contribution in [2.75, 3.05) is 26.2 Å². The second-order valence-electron chi connectivity index (χ2n) is 5.61. The normalized spacial score (nSPS) is 15.2. The highest BCUT2D eigenvalue weighted by molar-refractivity contribution is 7.07. The monoisotopic (exact) mass is 348 g/mol. The van der Waals surface area contributed by atoms with E-state index in [0.29, 0.717) is 43.0 Å². The molecule has 8 heteroatoms. The molecule has 2 aromatic rings. The summed E-state index contributed by atoms with van der Waals surface area (Å²) in [4.78, 5) is 28.7. The zero-order valence-corrected chi connectivity index (χ0v) is 13.8. The molecular weight excluding hydrogens is 331 g/mol. The first-order valence-electron chi connectivity index (χ1n) is 7.72. The first-order chi connectivity index (χ1) is 11.6. The fourth-order valence-electron chi connectivity index (χ4n) is 2.72. The number of hydrogen-bond acceptors (Lipinski definition) is 5. The quantitative estimate of drug-likeness (QED) is 0.845. The molecule has 126 valence electrons. The Balaban J connectivity index is 1.59. The molecule has 0 bridgehead atoms. The molecule has 1 aliphatic rings. The Morgan fingerprint density at radius 3 is 2.71 bits per heavy atom. The largest absolute Gasteiger partial charge is 0.341 e. The smallest absolute Gasteiger partial charge is 0.267 e. The Kier molecular flexibility index (Phi) is 5.14. The van der Waals surface area contributed by atoms with Crippen molar-refractivity contribution in [2.45, 2.75) is 12.8 Å². The number of rotatable bonds is 3. The number of carbonyl (C=O) groups is 2. The zero-order valence-electron chi connectivity index (χ0n) is 13.0. The number of aromatic nitrogens is 2. The lowest BCUT2D eigenvalue weighted by Crippen LogP contribution is -2.37. The fraction of sp³-hybridized carbons (Fsp3) is 0.375. The van der Waals surface area contributed by atoms with Gasteiger partial charge in [-0.15, -0.1) is 5.10 Å². The van der Waals surface area contributed by atoms with E-state index in [9.17, 15) is 14.0 Å². The third-order valence-corrected chi connectivity index (χ3v) is 4.60. The van der Waals surface area contributed by atoms with Crippen LogP contribution in [0.3, 0.4) is 0 Å². The van der Waals surface area contributed by atoms with E-state index in [2.05, 4.69) is 9.59 Å². The molecule has 0 atom stereocenters. The predicted molar refractivity (Wildman–Crippen MR) is 87.1 cm³/mol. The number of amides is 2. The van der Waals surface area contributed by atoms with Crippen molar-refractivity contribution in [1.29, 1.82) is 0 Å². The van der Waals surface area contributed by atoms with Crippen molar-refractivity contribution in [3.05, 3.63) is 46.7 Å². The number of nitrogens with zero attached hydrogens (tertiary/aromatic N) is 4. The molecule has 0 spiro atoms. The Morgan fingerprint density at radius 1 is 1.17 bits per heavy atom. The summed E-state index contributed by atoms with van der Waals surface area (Å²) in [7, 11) is 0. The third-order valence-electron chi connectivity index (χ3n) is 3.95. The molecule has 1 aromatic heterocycles. The molecular formula is C16H17FN4O2S. The van der Waals surface area contributed by atoms with Gasteiger partial charge in [0.2, 0.25) is 5.91 Å². The minimum absolute atomic E-state index is 0.0469. The van der Waals surface area contributed by atoms with Gasteiger partial charge in [0.25, 0.3) is 5.91 Å². The molecule has 1 saturated heterocycles. The minimum Gasteiger partial charge on any atom is -0.341 e. The van der Waals surface area contributed by atoms with Gasteiger partial charge in [0.05, 0.1) is 12.6 Å². The Labute approximate surface area is 143 Å². The van der Waals surface area contributed by atoms with Crippen LogP contribution in [-0.2, 0) is 11.2 Å². The molecule has 2 amide bonds. The van der Waals surface area contributed by atoms with Gasteiger partial charge in [-0.1, -0.05) is 16.6 Å². The topological polar surface area (TPSA) is 66.4 Å². The van der Waals surface area contributed by atoms with Crippen molar-refractivity contribution in [3.8, 4) is 0 Å². The van der Waals surface area contributed by atoms with Crippen LogP contribution < -0.4 is 0 Å². The maximum atomic E-state index is 13.2. The van der Waals surface area contributed by atoms with Crippen molar-refractivity contribution in [2.24, 2.45) is 0 Å². The highest BCUT2D eigenvalue weighted by Crippen LogP contribution is 2.12. The molecule has 0 unspecified atom stereocenters. The summed E-state index contributed by atoms with van der Waals surface area (Å²) in [6.07, 6.45) is 2.35. The fourth-order valence-corrected chi connectivity index (χ4v) is 3.20. The van der Waals surface area contributed by atoms with E-state index in [4.69, 9.17) is 0 Å².